The van der Waals surface area contributed by atoms with Crippen LogP contribution in [0.4, 0.5) is 4.39 Å². The van der Waals surface area contributed by atoms with Crippen LogP contribution in [0.15, 0.2) is 24.3 Å². The number of carbonyl (C=O) groups is 1. The van der Waals surface area contributed by atoms with Crippen molar-refractivity contribution in [2.75, 3.05) is 0 Å². The van der Waals surface area contributed by atoms with Gasteiger partial charge in [0.15, 0.2) is 0 Å². The second kappa shape index (κ2) is 6.51. The van der Waals surface area contributed by atoms with Crippen LogP contribution in [0.2, 0.25) is 0 Å². The van der Waals surface area contributed by atoms with Crippen molar-refractivity contribution in [1.29, 1.82) is 0 Å². The number of hydrogen-bond donors (Lipinski definition) is 4. The van der Waals surface area contributed by atoms with Gasteiger partial charge in [0, 0.05) is 6.04 Å². The highest BCUT2D eigenvalue weighted by Crippen LogP contribution is 2.21. The van der Waals surface area contributed by atoms with E-state index in [0.717, 1.165) is 18.4 Å². The maximum Gasteiger partial charge on any atom is 0.240 e. The predicted octanol–water partition coefficient (Wildman–Crippen LogP) is 1.30. The monoisotopic (exact) mass is 292 g/mol. The van der Waals surface area contributed by atoms with Gasteiger partial charge in [-0.2, -0.15) is 5.53 Å². The summed E-state index contributed by atoms with van der Waals surface area (Å²) in [5.41, 5.74) is 9.63. The van der Waals surface area contributed by atoms with Crippen molar-refractivity contribution in [3.05, 3.63) is 35.6 Å². The molecule has 1 aromatic rings. The van der Waals surface area contributed by atoms with Crippen molar-refractivity contribution < 1.29 is 9.18 Å². The minimum absolute atomic E-state index is 0.0197. The molecule has 2 unspecified atom stereocenters. The highest BCUT2D eigenvalue weighted by molar-refractivity contribution is 5.83. The van der Waals surface area contributed by atoms with E-state index in [0.29, 0.717) is 0 Å². The van der Waals surface area contributed by atoms with E-state index in [1.807, 2.05) is 0 Å². The van der Waals surface area contributed by atoms with Gasteiger partial charge in [0.1, 0.15) is 11.9 Å². The summed E-state index contributed by atoms with van der Waals surface area (Å²) < 4.78 is 13.0. The molecule has 3 rings (SSSR count). The summed E-state index contributed by atoms with van der Waals surface area (Å²) in [6.45, 7) is 0. The van der Waals surface area contributed by atoms with Gasteiger partial charge in [-0.05, 0) is 30.5 Å². The van der Waals surface area contributed by atoms with Crippen molar-refractivity contribution in [2.24, 2.45) is 0 Å². The molecule has 21 heavy (non-hydrogen) atoms. The normalized spacial score (nSPS) is 26.7. The van der Waals surface area contributed by atoms with Crippen molar-refractivity contribution in [1.82, 2.24) is 21.7 Å². The molecule has 2 atom stereocenters. The van der Waals surface area contributed by atoms with Gasteiger partial charge >= 0.3 is 0 Å². The Morgan fingerprint density at radius 2 is 1.81 bits per heavy atom. The molecule has 1 saturated heterocycles. The Morgan fingerprint density at radius 3 is 2.52 bits per heavy atom. The first-order valence-electron chi connectivity index (χ1n) is 7.56. The van der Waals surface area contributed by atoms with Gasteiger partial charge in [0.2, 0.25) is 5.91 Å². The van der Waals surface area contributed by atoms with Gasteiger partial charge in [-0.3, -0.25) is 4.79 Å². The van der Waals surface area contributed by atoms with Crippen molar-refractivity contribution in [2.45, 2.75) is 50.2 Å². The Labute approximate surface area is 123 Å². The number of hydrogen-bond acceptors (Lipinski definition) is 4. The summed E-state index contributed by atoms with van der Waals surface area (Å²) in [6.07, 6.45) is 5.73. The van der Waals surface area contributed by atoms with Crippen LogP contribution in [0.5, 0.6) is 0 Å². The average molecular weight is 292 g/mol. The zero-order valence-electron chi connectivity index (χ0n) is 11.9. The maximum absolute atomic E-state index is 13.0. The summed E-state index contributed by atoms with van der Waals surface area (Å²) in [5, 5.41) is 3.12. The third-order valence-corrected chi connectivity index (χ3v) is 4.25. The Bertz CT molecular complexity index is 487. The molecule has 2 aliphatic rings. The minimum Gasteiger partial charge on any atom is -0.352 e. The van der Waals surface area contributed by atoms with Crippen molar-refractivity contribution >= 4 is 5.91 Å². The molecule has 1 heterocycles. The molecule has 1 aliphatic carbocycles. The number of halogens is 1. The predicted molar refractivity (Wildman–Crippen MR) is 77.4 cm³/mol. The zero-order chi connectivity index (χ0) is 14.7. The summed E-state index contributed by atoms with van der Waals surface area (Å²) in [7, 11) is 0. The first-order valence-corrected chi connectivity index (χ1v) is 7.56. The lowest BCUT2D eigenvalue weighted by Crippen LogP contribution is -2.48. The first-order chi connectivity index (χ1) is 10.2. The third-order valence-electron chi connectivity index (χ3n) is 4.25. The largest absolute Gasteiger partial charge is 0.352 e. The molecule has 0 bridgehead atoms. The zero-order valence-corrected chi connectivity index (χ0v) is 11.9. The Hall–Kier alpha value is -1.50. The van der Waals surface area contributed by atoms with E-state index in [9.17, 15) is 9.18 Å². The Kier molecular flexibility index (Phi) is 4.48. The molecule has 114 valence electrons. The highest BCUT2D eigenvalue weighted by Gasteiger charge is 2.34. The van der Waals surface area contributed by atoms with E-state index in [1.165, 1.54) is 31.4 Å². The number of nitrogens with one attached hydrogen (secondary N) is 4. The number of carbonyl (C=O) groups excluding carboxylic acids is 1. The topological polar surface area (TPSA) is 65.2 Å². The van der Waals surface area contributed by atoms with Gasteiger partial charge in [0.05, 0.1) is 6.04 Å². The molecule has 1 aromatic carbocycles. The summed E-state index contributed by atoms with van der Waals surface area (Å²) >= 11 is 0. The molecular weight excluding hydrogens is 271 g/mol. The highest BCUT2D eigenvalue weighted by atomic mass is 19.1. The number of hydrazine groups is 2. The molecule has 4 N–H and O–H groups in total. The van der Waals surface area contributed by atoms with E-state index in [-0.39, 0.29) is 23.8 Å². The summed E-state index contributed by atoms with van der Waals surface area (Å²) in [5.74, 6) is -0.297. The smallest absolute Gasteiger partial charge is 0.240 e. The van der Waals surface area contributed by atoms with Crippen LogP contribution in [0.1, 0.15) is 43.7 Å². The van der Waals surface area contributed by atoms with Gasteiger partial charge in [-0.1, -0.05) is 31.4 Å². The number of rotatable bonds is 3. The third kappa shape index (κ3) is 3.40. The molecule has 2 fully saturated rings. The lowest BCUT2D eigenvalue weighted by molar-refractivity contribution is -0.124. The lowest BCUT2D eigenvalue weighted by Gasteiger charge is -2.25. The van der Waals surface area contributed by atoms with Crippen LogP contribution < -0.4 is 21.7 Å². The fourth-order valence-corrected chi connectivity index (χ4v) is 3.06. The van der Waals surface area contributed by atoms with Gasteiger partial charge in [0.25, 0.3) is 0 Å². The molecule has 0 radical (unpaired) electrons. The van der Waals surface area contributed by atoms with Crippen LogP contribution in [0.25, 0.3) is 0 Å². The van der Waals surface area contributed by atoms with Crippen LogP contribution >= 0.6 is 0 Å². The fourth-order valence-electron chi connectivity index (χ4n) is 3.06. The SMILES string of the molecule is O=C(NC1CCCCC1)C1NNNC1c1ccc(F)cc1. The van der Waals surface area contributed by atoms with Crippen LogP contribution in [0.3, 0.4) is 0 Å². The standard InChI is InChI=1S/C15H21FN4O/c16-11-8-6-10(7-9-11)13-14(19-20-18-13)15(21)17-12-4-2-1-3-5-12/h6-9,12-14,18-20H,1-5H2,(H,17,21). The van der Waals surface area contributed by atoms with E-state index >= 15 is 0 Å². The molecule has 0 aromatic heterocycles. The fraction of sp³-hybridized carbons (Fsp3) is 0.533. The molecular formula is C15H21FN4O. The molecule has 6 heteroatoms. The van der Waals surface area contributed by atoms with Crippen LogP contribution in [-0.2, 0) is 4.79 Å². The molecule has 1 aliphatic heterocycles. The molecule has 0 spiro atoms. The van der Waals surface area contributed by atoms with Crippen molar-refractivity contribution in [3.8, 4) is 0 Å². The van der Waals surface area contributed by atoms with E-state index in [4.69, 9.17) is 0 Å². The van der Waals surface area contributed by atoms with Gasteiger partial charge < -0.3 is 5.32 Å². The van der Waals surface area contributed by atoms with Crippen LogP contribution in [0, 0.1) is 5.82 Å². The average Bonchev–Trinajstić information content (AvgIpc) is 2.98. The summed E-state index contributed by atoms with van der Waals surface area (Å²) in [6, 6.07) is 5.87. The van der Waals surface area contributed by atoms with Gasteiger partial charge in [-0.25, -0.2) is 15.2 Å². The Balaban J connectivity index is 1.65. The molecule has 1 amide bonds. The minimum atomic E-state index is -0.405. The van der Waals surface area contributed by atoms with Crippen LogP contribution in [-0.4, -0.2) is 18.0 Å². The second-order valence-corrected chi connectivity index (χ2v) is 5.76. The number of benzene rings is 1. The van der Waals surface area contributed by atoms with Crippen molar-refractivity contribution in [3.63, 3.8) is 0 Å². The quantitative estimate of drug-likeness (QED) is 0.678. The summed E-state index contributed by atoms with van der Waals surface area (Å²) in [4.78, 5) is 12.4. The van der Waals surface area contributed by atoms with E-state index < -0.39 is 6.04 Å². The van der Waals surface area contributed by atoms with Gasteiger partial charge in [-0.15, -0.1) is 0 Å². The second-order valence-electron chi connectivity index (χ2n) is 5.76. The lowest BCUT2D eigenvalue weighted by atomic mass is 9.94. The first kappa shape index (κ1) is 14.4. The van der Waals surface area contributed by atoms with E-state index in [1.54, 1.807) is 12.1 Å². The van der Waals surface area contributed by atoms with E-state index in [2.05, 4.69) is 21.7 Å². The maximum atomic E-state index is 13.0. The number of amides is 1. The molecule has 5 nitrogen and oxygen atoms in total. The Morgan fingerprint density at radius 1 is 1.10 bits per heavy atom. The molecule has 1 saturated carbocycles.